The number of hydrogen-bond donors (Lipinski definition) is 1. The molecular weight excluding hydrogens is 328 g/mol. The molecule has 7 heteroatoms. The Morgan fingerprint density at radius 3 is 2.54 bits per heavy atom. The van der Waals surface area contributed by atoms with Gasteiger partial charge in [0.15, 0.2) is 0 Å². The molecule has 0 saturated carbocycles. The number of carboxylic acid groups (broad SMARTS) is 1. The topological polar surface area (TPSA) is 91.4 Å². The zero-order valence-corrected chi connectivity index (χ0v) is 13.3. The van der Waals surface area contributed by atoms with E-state index >= 15 is 0 Å². The maximum Gasteiger partial charge on any atom is 0.250 e. The van der Waals surface area contributed by atoms with Gasteiger partial charge in [-0.25, -0.2) is 4.98 Å². The van der Waals surface area contributed by atoms with Crippen LogP contribution in [-0.2, 0) is 14.3 Å². The lowest BCUT2D eigenvalue weighted by Gasteiger charge is -2.07. The summed E-state index contributed by atoms with van der Waals surface area (Å²) in [7, 11) is 0. The van der Waals surface area contributed by atoms with Crippen molar-refractivity contribution in [1.29, 1.82) is 0 Å². The van der Waals surface area contributed by atoms with E-state index < -0.39 is 18.5 Å². The summed E-state index contributed by atoms with van der Waals surface area (Å²) in [5.41, 5.74) is 2.52. The van der Waals surface area contributed by atoms with Gasteiger partial charge in [0.1, 0.15) is 11.6 Å². The third-order valence-electron chi connectivity index (χ3n) is 3.16. The Morgan fingerprint density at radius 2 is 1.83 bits per heavy atom. The van der Waals surface area contributed by atoms with E-state index in [1.54, 1.807) is 23.5 Å². The molecule has 1 aromatic heterocycles. The Labute approximate surface area is 141 Å². The van der Waals surface area contributed by atoms with Gasteiger partial charge < -0.3 is 20.0 Å². The maximum atomic E-state index is 11.6. The van der Waals surface area contributed by atoms with Gasteiger partial charge in [0.05, 0.1) is 22.8 Å². The minimum atomic E-state index is -1.36. The summed E-state index contributed by atoms with van der Waals surface area (Å²) in [6.07, 6.45) is 0. The fourth-order valence-corrected chi connectivity index (χ4v) is 3.09. The molecule has 1 N–H and O–H groups in total. The normalized spacial score (nSPS) is 10.7. The van der Waals surface area contributed by atoms with Crippen LogP contribution >= 0.6 is 11.3 Å². The Bertz CT molecular complexity index is 841. The summed E-state index contributed by atoms with van der Waals surface area (Å²) in [5.74, 6) is -1.79. The number of para-hydroxylation sites is 1. The first-order valence-corrected chi connectivity index (χ1v) is 7.97. The van der Waals surface area contributed by atoms with Crippen molar-refractivity contribution >= 4 is 39.1 Å². The number of aromatic nitrogens is 1. The van der Waals surface area contributed by atoms with E-state index in [9.17, 15) is 14.7 Å². The van der Waals surface area contributed by atoms with Crippen molar-refractivity contribution in [2.24, 2.45) is 0 Å². The first-order chi connectivity index (χ1) is 11.6. The summed E-state index contributed by atoms with van der Waals surface area (Å²) in [6, 6.07) is 15.2. The average Bonchev–Trinajstić information content (AvgIpc) is 2.99. The number of fused-ring (bicyclic) bond motifs is 1. The molecule has 0 aliphatic heterocycles. The molecule has 0 fully saturated rings. The van der Waals surface area contributed by atoms with E-state index in [0.29, 0.717) is 5.69 Å². The minimum absolute atomic E-state index is 0.340. The van der Waals surface area contributed by atoms with Crippen molar-refractivity contribution in [3.63, 3.8) is 0 Å². The highest BCUT2D eigenvalue weighted by Gasteiger charge is 2.07. The number of rotatable bonds is 6. The lowest BCUT2D eigenvalue weighted by atomic mass is 10.2. The predicted octanol–water partition coefficient (Wildman–Crippen LogP) is 1.67. The number of anilines is 1. The number of ether oxygens (including phenoxy) is 1. The molecule has 6 nitrogen and oxygen atoms in total. The van der Waals surface area contributed by atoms with Crippen LogP contribution in [0, 0.1) is 0 Å². The molecule has 0 aliphatic carbocycles. The number of carbonyl (C=O) groups is 2. The molecule has 0 aliphatic rings. The highest BCUT2D eigenvalue weighted by Crippen LogP contribution is 2.30. The van der Waals surface area contributed by atoms with Crippen LogP contribution in [0.1, 0.15) is 0 Å². The molecule has 122 valence electrons. The molecule has 0 spiro atoms. The number of thiazole rings is 1. The van der Waals surface area contributed by atoms with Gasteiger partial charge in [-0.05, 0) is 36.4 Å². The molecule has 24 heavy (non-hydrogen) atoms. The van der Waals surface area contributed by atoms with Crippen LogP contribution in [0.3, 0.4) is 0 Å². The van der Waals surface area contributed by atoms with Crippen LogP contribution in [0.4, 0.5) is 5.69 Å². The number of nitrogens with one attached hydrogen (secondary N) is 1. The van der Waals surface area contributed by atoms with Crippen molar-refractivity contribution in [2.45, 2.75) is 0 Å². The Kier molecular flexibility index (Phi) is 4.83. The van der Waals surface area contributed by atoms with E-state index in [2.05, 4.69) is 15.0 Å². The van der Waals surface area contributed by atoms with Crippen LogP contribution in [0.15, 0.2) is 48.5 Å². The van der Waals surface area contributed by atoms with Crippen LogP contribution in [-0.4, -0.2) is 30.1 Å². The third kappa shape index (κ3) is 3.95. The third-order valence-corrected chi connectivity index (χ3v) is 4.25. The fourth-order valence-electron chi connectivity index (χ4n) is 2.12. The largest absolute Gasteiger partial charge is 0.548 e. The van der Waals surface area contributed by atoms with Gasteiger partial charge in [-0.15, -0.1) is 11.3 Å². The lowest BCUT2D eigenvalue weighted by Crippen LogP contribution is -2.29. The molecule has 0 radical (unpaired) electrons. The molecule has 3 rings (SSSR count). The second kappa shape index (κ2) is 7.20. The maximum absolute atomic E-state index is 11.6. The zero-order chi connectivity index (χ0) is 16.9. The fraction of sp³-hybridized carbons (Fsp3) is 0.118. The monoisotopic (exact) mass is 341 g/mol. The Morgan fingerprint density at radius 1 is 1.08 bits per heavy atom. The number of nitrogens with zero attached hydrogens (tertiary/aromatic N) is 1. The molecule has 0 atom stereocenters. The molecule has 0 saturated heterocycles. The number of carboxylic acids is 1. The lowest BCUT2D eigenvalue weighted by molar-refractivity contribution is -0.309. The molecule has 0 unspecified atom stereocenters. The van der Waals surface area contributed by atoms with Gasteiger partial charge in [0, 0.05) is 11.3 Å². The van der Waals surface area contributed by atoms with Crippen LogP contribution < -0.4 is 10.4 Å². The van der Waals surface area contributed by atoms with Gasteiger partial charge in [-0.1, -0.05) is 12.1 Å². The zero-order valence-electron chi connectivity index (χ0n) is 12.5. The molecule has 1 amide bonds. The first-order valence-electron chi connectivity index (χ1n) is 7.15. The van der Waals surface area contributed by atoms with E-state index in [1.165, 1.54) is 0 Å². The van der Waals surface area contributed by atoms with Crippen LogP contribution in [0.5, 0.6) is 0 Å². The summed E-state index contributed by atoms with van der Waals surface area (Å²) < 4.78 is 5.79. The van der Waals surface area contributed by atoms with Gasteiger partial charge in [0.2, 0.25) is 5.91 Å². The van der Waals surface area contributed by atoms with Gasteiger partial charge in [0.25, 0.3) is 0 Å². The number of amides is 1. The van der Waals surface area contributed by atoms with Crippen LogP contribution in [0.2, 0.25) is 0 Å². The molecule has 3 aromatic rings. The molecule has 0 bridgehead atoms. The van der Waals surface area contributed by atoms with Crippen LogP contribution in [0.25, 0.3) is 20.8 Å². The Balaban J connectivity index is 1.64. The highest BCUT2D eigenvalue weighted by atomic mass is 32.1. The minimum Gasteiger partial charge on any atom is -0.548 e. The average molecular weight is 341 g/mol. The van der Waals surface area contributed by atoms with E-state index in [0.717, 1.165) is 20.8 Å². The van der Waals surface area contributed by atoms with Crippen molar-refractivity contribution in [1.82, 2.24) is 4.98 Å². The highest BCUT2D eigenvalue weighted by molar-refractivity contribution is 7.21. The molecule has 1 heterocycles. The number of hydrogen-bond acceptors (Lipinski definition) is 6. The van der Waals surface area contributed by atoms with Crippen molar-refractivity contribution < 1.29 is 19.4 Å². The summed E-state index contributed by atoms with van der Waals surface area (Å²) in [6.45, 7) is -0.947. The van der Waals surface area contributed by atoms with E-state index in [-0.39, 0.29) is 6.61 Å². The molecular formula is C17H13N2O4S-. The summed E-state index contributed by atoms with van der Waals surface area (Å²) >= 11 is 1.60. The second-order valence-electron chi connectivity index (χ2n) is 4.98. The van der Waals surface area contributed by atoms with Gasteiger partial charge >= 0.3 is 0 Å². The number of carbonyl (C=O) groups excluding carboxylic acids is 2. The predicted molar refractivity (Wildman–Crippen MR) is 89.5 cm³/mol. The molecule has 2 aromatic carbocycles. The SMILES string of the molecule is O=C([O-])COCC(=O)Nc1ccc(-c2nc3ccccc3s2)cc1. The van der Waals surface area contributed by atoms with Crippen molar-refractivity contribution in [2.75, 3.05) is 18.5 Å². The number of benzene rings is 2. The van der Waals surface area contributed by atoms with Gasteiger partial charge in [-0.2, -0.15) is 0 Å². The van der Waals surface area contributed by atoms with Gasteiger partial charge in [-0.3, -0.25) is 4.79 Å². The van der Waals surface area contributed by atoms with E-state index in [4.69, 9.17) is 0 Å². The van der Waals surface area contributed by atoms with Crippen molar-refractivity contribution in [3.8, 4) is 10.6 Å². The van der Waals surface area contributed by atoms with Crippen molar-refractivity contribution in [3.05, 3.63) is 48.5 Å². The quantitative estimate of drug-likeness (QED) is 0.736. The smallest absolute Gasteiger partial charge is 0.250 e. The number of aliphatic carboxylic acids is 1. The van der Waals surface area contributed by atoms with E-state index in [1.807, 2.05) is 36.4 Å². The summed E-state index contributed by atoms with van der Waals surface area (Å²) in [4.78, 5) is 26.4. The second-order valence-corrected chi connectivity index (χ2v) is 6.01. The Hall–Kier alpha value is -2.77. The summed E-state index contributed by atoms with van der Waals surface area (Å²) in [5, 5.41) is 13.7. The first kappa shape index (κ1) is 16.1. The standard InChI is InChI=1S/C17H14N2O4S/c20-15(9-23-10-16(21)22)18-12-7-5-11(6-8-12)17-19-13-3-1-2-4-14(13)24-17/h1-8H,9-10H2,(H,18,20)(H,21,22)/p-1.